The van der Waals surface area contributed by atoms with Crippen LogP contribution in [0, 0.1) is 6.92 Å². The molecule has 4 rings (SSSR count). The number of carboxylic acids is 1. The molecule has 1 heterocycles. The summed E-state index contributed by atoms with van der Waals surface area (Å²) >= 11 is 0. The molecule has 0 unspecified atom stereocenters. The van der Waals surface area contributed by atoms with Gasteiger partial charge in [0.15, 0.2) is 0 Å². The van der Waals surface area contributed by atoms with Crippen LogP contribution in [0.5, 0.6) is 0 Å². The highest BCUT2D eigenvalue weighted by atomic mass is 16.5. The number of aryl methyl sites for hydroxylation is 1. The lowest BCUT2D eigenvalue weighted by atomic mass is 9.98. The maximum absolute atomic E-state index is 12.6. The Labute approximate surface area is 211 Å². The minimum absolute atomic E-state index is 0.0413. The number of H-pyrrole nitrogens is 1. The molecule has 0 saturated carbocycles. The van der Waals surface area contributed by atoms with Crippen LogP contribution in [0.2, 0.25) is 0 Å². The van der Waals surface area contributed by atoms with Gasteiger partial charge in [-0.05, 0) is 29.2 Å². The molecule has 192 valence electrons. The highest BCUT2D eigenvalue weighted by Crippen LogP contribution is 2.44. The molecule has 2 aromatic carbocycles. The van der Waals surface area contributed by atoms with Crippen LogP contribution in [-0.4, -0.2) is 63.8 Å². The molecule has 0 atom stereocenters. The highest BCUT2D eigenvalue weighted by molar-refractivity contribution is 5.85. The molecule has 0 bridgehead atoms. The zero-order chi connectivity index (χ0) is 26.5. The second kappa shape index (κ2) is 10.9. The number of nitrogens with one attached hydrogen (secondary N) is 2. The van der Waals surface area contributed by atoms with Crippen molar-refractivity contribution in [1.82, 2.24) is 19.8 Å². The fraction of sp³-hybridized carbons (Fsp3) is 0.269. The molecule has 0 fully saturated rings. The van der Waals surface area contributed by atoms with E-state index >= 15 is 0 Å². The molecule has 1 aliphatic carbocycles. The van der Waals surface area contributed by atoms with E-state index in [1.54, 1.807) is 0 Å². The standard InChI is InChI=1S/C26H26N4O7/c1-16-13-30(25(35)28-24(16)34)11-10-29(14-23(32)33)22(31)12-27-26(36)37-15-21-19-8-4-2-6-17(19)18-7-3-5-9-20(18)21/h2-9,13,21H,10-12,14-15H2,1H3,(H,27,36)(H,32,33)(H,28,34,35). The second-order valence-electron chi connectivity index (χ2n) is 8.65. The van der Waals surface area contributed by atoms with Gasteiger partial charge in [-0.25, -0.2) is 9.59 Å². The first kappa shape index (κ1) is 25.4. The maximum atomic E-state index is 12.6. The van der Waals surface area contributed by atoms with Crippen molar-refractivity contribution < 1.29 is 24.2 Å². The van der Waals surface area contributed by atoms with Gasteiger partial charge in [0.25, 0.3) is 5.56 Å². The number of fused-ring (bicyclic) bond motifs is 3. The zero-order valence-corrected chi connectivity index (χ0v) is 20.1. The predicted molar refractivity (Wildman–Crippen MR) is 133 cm³/mol. The monoisotopic (exact) mass is 506 g/mol. The molecule has 0 radical (unpaired) electrons. The molecule has 37 heavy (non-hydrogen) atoms. The number of benzene rings is 2. The van der Waals surface area contributed by atoms with Crippen molar-refractivity contribution in [3.8, 4) is 11.1 Å². The molecule has 11 heteroatoms. The van der Waals surface area contributed by atoms with E-state index < -0.39 is 42.3 Å². The van der Waals surface area contributed by atoms with Crippen molar-refractivity contribution in [2.24, 2.45) is 0 Å². The third-order valence-electron chi connectivity index (χ3n) is 6.21. The van der Waals surface area contributed by atoms with Gasteiger partial charge in [0.05, 0.1) is 0 Å². The quantitative estimate of drug-likeness (QED) is 0.396. The minimum atomic E-state index is -1.25. The van der Waals surface area contributed by atoms with Gasteiger partial charge < -0.3 is 20.1 Å². The summed E-state index contributed by atoms with van der Waals surface area (Å²) < 4.78 is 6.58. The van der Waals surface area contributed by atoms with Gasteiger partial charge in [0.1, 0.15) is 19.7 Å². The van der Waals surface area contributed by atoms with E-state index in [0.29, 0.717) is 5.56 Å². The number of hydrogen-bond acceptors (Lipinski definition) is 6. The molecule has 0 aliphatic heterocycles. The Bertz CT molecular complexity index is 1410. The molecule has 3 aromatic rings. The molecule has 0 spiro atoms. The van der Waals surface area contributed by atoms with E-state index in [0.717, 1.165) is 27.2 Å². The summed E-state index contributed by atoms with van der Waals surface area (Å²) in [6.07, 6.45) is 0.525. The minimum Gasteiger partial charge on any atom is -0.480 e. The van der Waals surface area contributed by atoms with E-state index in [-0.39, 0.29) is 25.6 Å². The number of nitrogens with zero attached hydrogens (tertiary/aromatic N) is 2. The number of aromatic nitrogens is 2. The van der Waals surface area contributed by atoms with Gasteiger partial charge in [-0.2, -0.15) is 0 Å². The van der Waals surface area contributed by atoms with Crippen molar-refractivity contribution in [3.05, 3.63) is 92.3 Å². The number of amides is 2. The Balaban J connectivity index is 1.34. The highest BCUT2D eigenvalue weighted by Gasteiger charge is 2.29. The van der Waals surface area contributed by atoms with E-state index in [1.807, 2.05) is 48.5 Å². The van der Waals surface area contributed by atoms with Gasteiger partial charge in [0, 0.05) is 30.8 Å². The molecule has 1 aromatic heterocycles. The first-order valence-electron chi connectivity index (χ1n) is 11.6. The third-order valence-corrected chi connectivity index (χ3v) is 6.21. The van der Waals surface area contributed by atoms with Crippen LogP contribution in [0.4, 0.5) is 4.79 Å². The first-order chi connectivity index (χ1) is 17.7. The van der Waals surface area contributed by atoms with Gasteiger partial charge in [-0.15, -0.1) is 0 Å². The fourth-order valence-electron chi connectivity index (χ4n) is 4.38. The van der Waals surface area contributed by atoms with Crippen LogP contribution < -0.4 is 16.6 Å². The van der Waals surface area contributed by atoms with Gasteiger partial charge in [-0.3, -0.25) is 23.9 Å². The van der Waals surface area contributed by atoms with Crippen LogP contribution >= 0.6 is 0 Å². The predicted octanol–water partition coefficient (Wildman–Crippen LogP) is 1.30. The van der Waals surface area contributed by atoms with Crippen LogP contribution in [0.25, 0.3) is 11.1 Å². The number of aliphatic carboxylic acids is 1. The van der Waals surface area contributed by atoms with E-state index in [9.17, 15) is 29.1 Å². The van der Waals surface area contributed by atoms with Crippen molar-refractivity contribution in [2.45, 2.75) is 19.4 Å². The number of hydrogen-bond donors (Lipinski definition) is 3. The number of carbonyl (C=O) groups excluding carboxylic acids is 2. The number of aromatic amines is 1. The van der Waals surface area contributed by atoms with Crippen LogP contribution in [-0.2, 0) is 20.9 Å². The van der Waals surface area contributed by atoms with Crippen LogP contribution in [0.15, 0.2) is 64.3 Å². The average Bonchev–Trinajstić information content (AvgIpc) is 3.20. The fourth-order valence-corrected chi connectivity index (χ4v) is 4.38. The molecule has 1 aliphatic rings. The van der Waals surface area contributed by atoms with Crippen molar-refractivity contribution in [1.29, 1.82) is 0 Å². The molecule has 11 nitrogen and oxygen atoms in total. The van der Waals surface area contributed by atoms with Crippen molar-refractivity contribution >= 4 is 18.0 Å². The lowest BCUT2D eigenvalue weighted by Crippen LogP contribution is -2.45. The van der Waals surface area contributed by atoms with Crippen LogP contribution in [0.1, 0.15) is 22.6 Å². The molecule has 0 saturated heterocycles. The number of alkyl carbamates (subject to hydrolysis) is 1. The summed E-state index contributed by atoms with van der Waals surface area (Å²) in [7, 11) is 0. The zero-order valence-electron chi connectivity index (χ0n) is 20.1. The third kappa shape index (κ3) is 5.77. The van der Waals surface area contributed by atoms with Gasteiger partial charge in [-0.1, -0.05) is 48.5 Å². The van der Waals surface area contributed by atoms with Gasteiger partial charge >= 0.3 is 17.8 Å². The van der Waals surface area contributed by atoms with E-state index in [1.165, 1.54) is 17.7 Å². The number of carbonyl (C=O) groups is 3. The number of carboxylic acid groups (broad SMARTS) is 1. The van der Waals surface area contributed by atoms with Crippen LogP contribution in [0.3, 0.4) is 0 Å². The smallest absolute Gasteiger partial charge is 0.407 e. The summed E-state index contributed by atoms with van der Waals surface area (Å²) in [5.41, 5.74) is 3.38. The Morgan fingerprint density at radius 3 is 2.30 bits per heavy atom. The van der Waals surface area contributed by atoms with Gasteiger partial charge in [0.2, 0.25) is 5.91 Å². The molecular weight excluding hydrogens is 480 g/mol. The average molecular weight is 507 g/mol. The summed E-state index contributed by atoms with van der Waals surface area (Å²) in [5, 5.41) is 11.6. The number of rotatable bonds is 9. The first-order valence-corrected chi connectivity index (χ1v) is 11.6. The molecule has 3 N–H and O–H groups in total. The Hall–Kier alpha value is -4.67. The van der Waals surface area contributed by atoms with E-state index in [4.69, 9.17) is 4.74 Å². The Kier molecular flexibility index (Phi) is 7.52. The maximum Gasteiger partial charge on any atom is 0.407 e. The molecule has 2 amide bonds. The summed E-state index contributed by atoms with van der Waals surface area (Å²) in [4.78, 5) is 62.9. The lowest BCUT2D eigenvalue weighted by molar-refractivity contribution is -0.144. The topological polar surface area (TPSA) is 151 Å². The van der Waals surface area contributed by atoms with E-state index in [2.05, 4.69) is 10.3 Å². The molecular formula is C26H26N4O7. The number of ether oxygens (including phenoxy) is 1. The van der Waals surface area contributed by atoms with Crippen molar-refractivity contribution in [2.75, 3.05) is 26.2 Å². The van der Waals surface area contributed by atoms with Crippen molar-refractivity contribution in [3.63, 3.8) is 0 Å². The summed E-state index contributed by atoms with van der Waals surface area (Å²) in [6, 6.07) is 15.8. The lowest BCUT2D eigenvalue weighted by Gasteiger charge is -2.21. The summed E-state index contributed by atoms with van der Waals surface area (Å²) in [5.74, 6) is -2.05. The summed E-state index contributed by atoms with van der Waals surface area (Å²) in [6.45, 7) is 0.323. The normalized spacial score (nSPS) is 11.9. The Morgan fingerprint density at radius 2 is 1.68 bits per heavy atom. The second-order valence-corrected chi connectivity index (χ2v) is 8.65. The SMILES string of the molecule is Cc1cn(CCN(CC(=O)O)C(=O)CNC(=O)OCC2c3ccccc3-c3ccccc32)c(=O)[nH]c1=O. The Morgan fingerprint density at radius 1 is 1.05 bits per heavy atom. The largest absolute Gasteiger partial charge is 0.480 e.